The second-order valence-electron chi connectivity index (χ2n) is 4.61. The summed E-state index contributed by atoms with van der Waals surface area (Å²) < 4.78 is 0. The molecule has 1 aromatic carbocycles. The number of imide groups is 1. The van der Waals surface area contributed by atoms with Gasteiger partial charge in [-0.2, -0.15) is 5.26 Å². The molecule has 1 heterocycles. The Morgan fingerprint density at radius 2 is 1.78 bits per heavy atom. The number of rotatable bonds is 2. The molecule has 2 rings (SSSR count). The highest BCUT2D eigenvalue weighted by Crippen LogP contribution is 2.27. The Morgan fingerprint density at radius 1 is 1.22 bits per heavy atom. The average Bonchev–Trinajstić information content (AvgIpc) is 2.34. The zero-order valence-electron chi connectivity index (χ0n) is 10.2. The Morgan fingerprint density at radius 3 is 2.28 bits per heavy atom. The van der Waals surface area contributed by atoms with E-state index in [2.05, 4.69) is 0 Å². The molecule has 1 atom stereocenters. The van der Waals surface area contributed by atoms with Crippen molar-refractivity contribution >= 4 is 11.8 Å². The lowest BCUT2D eigenvalue weighted by atomic mass is 9.95. The number of carbonyl (C=O) groups is 2. The molecule has 1 aliphatic heterocycles. The van der Waals surface area contributed by atoms with Crippen LogP contribution in [0.3, 0.4) is 0 Å². The summed E-state index contributed by atoms with van der Waals surface area (Å²) in [6, 6.07) is 10.2. The molecule has 0 aromatic heterocycles. The average molecular weight is 242 g/mol. The van der Waals surface area contributed by atoms with Crippen LogP contribution in [0.1, 0.15) is 31.4 Å². The number of piperidine rings is 1. The molecule has 1 aliphatic rings. The predicted octanol–water partition coefficient (Wildman–Crippen LogP) is 2.04. The highest BCUT2D eigenvalue weighted by Gasteiger charge is 2.36. The van der Waals surface area contributed by atoms with Crippen LogP contribution in [-0.2, 0) is 9.59 Å². The van der Waals surface area contributed by atoms with Gasteiger partial charge >= 0.3 is 0 Å². The largest absolute Gasteiger partial charge is 0.274 e. The van der Waals surface area contributed by atoms with Gasteiger partial charge in [-0.15, -0.1) is 0 Å². The molecule has 1 saturated heterocycles. The van der Waals surface area contributed by atoms with Crippen LogP contribution >= 0.6 is 0 Å². The van der Waals surface area contributed by atoms with E-state index in [0.29, 0.717) is 18.4 Å². The maximum absolute atomic E-state index is 11.9. The molecule has 0 bridgehead atoms. The molecule has 18 heavy (non-hydrogen) atoms. The van der Waals surface area contributed by atoms with Gasteiger partial charge in [-0.25, -0.2) is 0 Å². The van der Waals surface area contributed by atoms with E-state index >= 15 is 0 Å². The maximum Gasteiger partial charge on any atom is 0.230 e. The SMILES string of the molecule is CC1CC(=O)N(C(C#N)c2ccccc2)C(=O)C1. The van der Waals surface area contributed by atoms with Gasteiger partial charge < -0.3 is 0 Å². The van der Waals surface area contributed by atoms with Crippen molar-refractivity contribution in [3.63, 3.8) is 0 Å². The van der Waals surface area contributed by atoms with Crippen molar-refractivity contribution in [2.24, 2.45) is 5.92 Å². The van der Waals surface area contributed by atoms with Crippen LogP contribution in [0.5, 0.6) is 0 Å². The van der Waals surface area contributed by atoms with Crippen LogP contribution in [-0.4, -0.2) is 16.7 Å². The van der Waals surface area contributed by atoms with Crippen molar-refractivity contribution in [1.82, 2.24) is 4.90 Å². The Balaban J connectivity index is 2.31. The van der Waals surface area contributed by atoms with E-state index in [4.69, 9.17) is 0 Å². The standard InChI is InChI=1S/C14H14N2O2/c1-10-7-13(17)16(14(18)8-10)12(9-15)11-5-3-2-4-6-11/h2-6,10,12H,7-8H2,1H3. The number of benzene rings is 1. The fourth-order valence-electron chi connectivity index (χ4n) is 2.21. The van der Waals surface area contributed by atoms with Crippen molar-refractivity contribution in [2.75, 3.05) is 0 Å². The van der Waals surface area contributed by atoms with Gasteiger partial charge in [0.2, 0.25) is 11.8 Å². The Hall–Kier alpha value is -2.15. The quantitative estimate of drug-likeness (QED) is 0.745. The molecule has 92 valence electrons. The minimum atomic E-state index is -0.807. The second kappa shape index (κ2) is 5.01. The topological polar surface area (TPSA) is 61.2 Å². The molecular formula is C14H14N2O2. The van der Waals surface area contributed by atoms with E-state index in [1.54, 1.807) is 24.3 Å². The Labute approximate surface area is 106 Å². The summed E-state index contributed by atoms with van der Waals surface area (Å²) in [5.41, 5.74) is 0.677. The first-order chi connectivity index (χ1) is 8.63. The van der Waals surface area contributed by atoms with Gasteiger partial charge in [-0.05, 0) is 11.5 Å². The van der Waals surface area contributed by atoms with E-state index in [9.17, 15) is 14.9 Å². The van der Waals surface area contributed by atoms with Crippen molar-refractivity contribution in [3.05, 3.63) is 35.9 Å². The second-order valence-corrected chi connectivity index (χ2v) is 4.61. The van der Waals surface area contributed by atoms with Gasteiger partial charge in [0.1, 0.15) is 0 Å². The summed E-state index contributed by atoms with van der Waals surface area (Å²) in [5, 5.41) is 9.24. The zero-order valence-corrected chi connectivity index (χ0v) is 10.2. The van der Waals surface area contributed by atoms with Crippen LogP contribution < -0.4 is 0 Å². The molecule has 1 unspecified atom stereocenters. The number of nitriles is 1. The number of amides is 2. The number of hydrogen-bond donors (Lipinski definition) is 0. The normalized spacial score (nSPS) is 18.6. The van der Waals surface area contributed by atoms with Crippen LogP contribution in [0.4, 0.5) is 0 Å². The zero-order chi connectivity index (χ0) is 13.1. The monoisotopic (exact) mass is 242 g/mol. The molecule has 1 fully saturated rings. The van der Waals surface area contributed by atoms with E-state index in [1.807, 2.05) is 19.1 Å². The molecule has 4 heteroatoms. The Kier molecular flexibility index (Phi) is 3.42. The van der Waals surface area contributed by atoms with Crippen molar-refractivity contribution in [1.29, 1.82) is 5.26 Å². The lowest BCUT2D eigenvalue weighted by molar-refractivity contribution is -0.151. The molecule has 1 aromatic rings. The highest BCUT2D eigenvalue weighted by atomic mass is 16.2. The number of nitrogens with zero attached hydrogens (tertiary/aromatic N) is 2. The van der Waals surface area contributed by atoms with Crippen LogP contribution in [0.15, 0.2) is 30.3 Å². The van der Waals surface area contributed by atoms with Crippen LogP contribution in [0, 0.1) is 17.2 Å². The first-order valence-corrected chi connectivity index (χ1v) is 5.93. The molecule has 0 saturated carbocycles. The predicted molar refractivity (Wildman–Crippen MR) is 65.0 cm³/mol. The first kappa shape index (κ1) is 12.3. The van der Waals surface area contributed by atoms with Gasteiger partial charge in [0.25, 0.3) is 0 Å². The molecule has 0 N–H and O–H groups in total. The lowest BCUT2D eigenvalue weighted by Crippen LogP contribution is -2.44. The van der Waals surface area contributed by atoms with Crippen molar-refractivity contribution in [3.8, 4) is 6.07 Å². The summed E-state index contributed by atoms with van der Waals surface area (Å²) in [5.74, 6) is -0.445. The minimum absolute atomic E-state index is 0.0661. The van der Waals surface area contributed by atoms with Gasteiger partial charge in [0.05, 0.1) is 6.07 Å². The summed E-state index contributed by atoms with van der Waals surface area (Å²) in [6.45, 7) is 1.87. The fourth-order valence-corrected chi connectivity index (χ4v) is 2.21. The summed E-state index contributed by atoms with van der Waals surface area (Å²) >= 11 is 0. The molecule has 0 spiro atoms. The van der Waals surface area contributed by atoms with E-state index < -0.39 is 6.04 Å². The smallest absolute Gasteiger partial charge is 0.230 e. The third-order valence-corrected chi connectivity index (χ3v) is 3.08. The van der Waals surface area contributed by atoms with Crippen LogP contribution in [0.2, 0.25) is 0 Å². The van der Waals surface area contributed by atoms with Gasteiger partial charge in [-0.3, -0.25) is 14.5 Å². The summed E-state index contributed by atoms with van der Waals surface area (Å²) in [7, 11) is 0. The van der Waals surface area contributed by atoms with E-state index in [1.165, 1.54) is 0 Å². The lowest BCUT2D eigenvalue weighted by Gasteiger charge is -2.31. The molecule has 0 aliphatic carbocycles. The maximum atomic E-state index is 11.9. The fraction of sp³-hybridized carbons (Fsp3) is 0.357. The van der Waals surface area contributed by atoms with Crippen molar-refractivity contribution < 1.29 is 9.59 Å². The minimum Gasteiger partial charge on any atom is -0.274 e. The number of hydrogen-bond acceptors (Lipinski definition) is 3. The highest BCUT2D eigenvalue weighted by molar-refractivity contribution is 5.98. The van der Waals surface area contributed by atoms with Gasteiger partial charge in [0, 0.05) is 12.8 Å². The van der Waals surface area contributed by atoms with Crippen molar-refractivity contribution in [2.45, 2.75) is 25.8 Å². The first-order valence-electron chi connectivity index (χ1n) is 5.93. The molecule has 2 amide bonds. The molecule has 0 radical (unpaired) electrons. The van der Waals surface area contributed by atoms with E-state index in [0.717, 1.165) is 4.90 Å². The molecule has 4 nitrogen and oxygen atoms in total. The summed E-state index contributed by atoms with van der Waals surface area (Å²) in [4.78, 5) is 25.0. The van der Waals surface area contributed by atoms with Gasteiger partial charge in [0.15, 0.2) is 6.04 Å². The third kappa shape index (κ3) is 2.25. The number of likely N-dealkylation sites (tertiary alicyclic amines) is 1. The third-order valence-electron chi connectivity index (χ3n) is 3.08. The van der Waals surface area contributed by atoms with E-state index in [-0.39, 0.29) is 17.7 Å². The van der Waals surface area contributed by atoms with Gasteiger partial charge in [-0.1, -0.05) is 37.3 Å². The molecular weight excluding hydrogens is 228 g/mol. The Bertz CT molecular complexity index is 486. The summed E-state index contributed by atoms with van der Waals surface area (Å²) in [6.07, 6.45) is 0.660. The van der Waals surface area contributed by atoms with Crippen LogP contribution in [0.25, 0.3) is 0 Å². The number of carbonyl (C=O) groups excluding carboxylic acids is 2.